The summed E-state index contributed by atoms with van der Waals surface area (Å²) < 4.78 is 0. The predicted molar refractivity (Wildman–Crippen MR) is 285 cm³/mol. The average molecular weight is 895 g/mol. The SMILES string of the molecule is CCCCCCCCCCC/C=C\C/C=C\CCCCCCCCCCCCCCCCCCCC(=O)NC(CO)C(O)/C=C/CC/C=C/CC/C=C/CCCCCCCCCCC. The van der Waals surface area contributed by atoms with Crippen LogP contribution < -0.4 is 5.32 Å². The lowest BCUT2D eigenvalue weighted by Crippen LogP contribution is -2.45. The van der Waals surface area contributed by atoms with Crippen LogP contribution in [0.1, 0.15) is 296 Å². The Labute approximate surface area is 400 Å². The van der Waals surface area contributed by atoms with Crippen molar-refractivity contribution in [2.45, 2.75) is 309 Å². The van der Waals surface area contributed by atoms with Crippen molar-refractivity contribution in [3.8, 4) is 0 Å². The van der Waals surface area contributed by atoms with Crippen LogP contribution in [0.2, 0.25) is 0 Å². The molecule has 0 saturated heterocycles. The summed E-state index contributed by atoms with van der Waals surface area (Å²) in [5.74, 6) is -0.0757. The highest BCUT2D eigenvalue weighted by atomic mass is 16.3. The second-order valence-electron chi connectivity index (χ2n) is 19.3. The molecule has 0 radical (unpaired) electrons. The van der Waals surface area contributed by atoms with Crippen LogP contribution in [-0.2, 0) is 4.79 Å². The number of hydrogen-bond donors (Lipinski definition) is 3. The van der Waals surface area contributed by atoms with E-state index in [4.69, 9.17) is 0 Å². The van der Waals surface area contributed by atoms with Gasteiger partial charge in [-0.2, -0.15) is 0 Å². The van der Waals surface area contributed by atoms with E-state index in [1.165, 1.54) is 231 Å². The molecule has 0 fully saturated rings. The molecule has 0 bridgehead atoms. The molecule has 0 aromatic rings. The zero-order valence-electron chi connectivity index (χ0n) is 43.1. The van der Waals surface area contributed by atoms with Gasteiger partial charge in [0, 0.05) is 6.42 Å². The fourth-order valence-electron chi connectivity index (χ4n) is 8.60. The first kappa shape index (κ1) is 62.1. The first-order chi connectivity index (χ1) is 31.7. The van der Waals surface area contributed by atoms with Crippen LogP contribution in [0.4, 0.5) is 0 Å². The number of amides is 1. The van der Waals surface area contributed by atoms with Crippen molar-refractivity contribution in [1.82, 2.24) is 5.32 Å². The maximum absolute atomic E-state index is 12.5. The predicted octanol–water partition coefficient (Wildman–Crippen LogP) is 18.8. The van der Waals surface area contributed by atoms with E-state index >= 15 is 0 Å². The van der Waals surface area contributed by atoms with Crippen molar-refractivity contribution in [2.24, 2.45) is 0 Å². The highest BCUT2D eigenvalue weighted by Gasteiger charge is 2.18. The summed E-state index contributed by atoms with van der Waals surface area (Å²) in [5, 5.41) is 23.1. The van der Waals surface area contributed by atoms with Crippen molar-refractivity contribution in [3.63, 3.8) is 0 Å². The monoisotopic (exact) mass is 894 g/mol. The Morgan fingerprint density at radius 3 is 1.00 bits per heavy atom. The van der Waals surface area contributed by atoms with Gasteiger partial charge >= 0.3 is 0 Å². The third-order valence-electron chi connectivity index (χ3n) is 13.0. The topological polar surface area (TPSA) is 69.6 Å². The van der Waals surface area contributed by atoms with Crippen molar-refractivity contribution < 1.29 is 15.0 Å². The van der Waals surface area contributed by atoms with Crippen LogP contribution in [-0.4, -0.2) is 34.9 Å². The molecule has 64 heavy (non-hydrogen) atoms. The van der Waals surface area contributed by atoms with Gasteiger partial charge in [0.1, 0.15) is 0 Å². The van der Waals surface area contributed by atoms with Gasteiger partial charge in [0.05, 0.1) is 18.8 Å². The summed E-state index contributed by atoms with van der Waals surface area (Å²) in [4.78, 5) is 12.5. The highest BCUT2D eigenvalue weighted by Crippen LogP contribution is 2.16. The Hall–Kier alpha value is -1.91. The van der Waals surface area contributed by atoms with Crippen molar-refractivity contribution >= 4 is 5.91 Å². The van der Waals surface area contributed by atoms with Gasteiger partial charge in [0.15, 0.2) is 0 Å². The largest absolute Gasteiger partial charge is 0.394 e. The van der Waals surface area contributed by atoms with Crippen LogP contribution >= 0.6 is 0 Å². The van der Waals surface area contributed by atoms with E-state index in [-0.39, 0.29) is 12.5 Å². The third kappa shape index (κ3) is 51.1. The van der Waals surface area contributed by atoms with E-state index < -0.39 is 12.1 Å². The second-order valence-corrected chi connectivity index (χ2v) is 19.3. The van der Waals surface area contributed by atoms with E-state index in [1.54, 1.807) is 6.08 Å². The Kier molecular flexibility index (Phi) is 53.8. The zero-order chi connectivity index (χ0) is 46.3. The van der Waals surface area contributed by atoms with Crippen molar-refractivity contribution in [3.05, 3.63) is 60.8 Å². The molecule has 0 rings (SSSR count). The first-order valence-electron chi connectivity index (χ1n) is 28.5. The number of hydrogen-bond acceptors (Lipinski definition) is 3. The average Bonchev–Trinajstić information content (AvgIpc) is 3.30. The Morgan fingerprint density at radius 1 is 0.375 bits per heavy atom. The molecule has 0 spiro atoms. The minimum atomic E-state index is -0.872. The highest BCUT2D eigenvalue weighted by molar-refractivity contribution is 5.76. The van der Waals surface area contributed by atoms with Crippen LogP contribution in [0.3, 0.4) is 0 Å². The lowest BCUT2D eigenvalue weighted by Gasteiger charge is -2.19. The van der Waals surface area contributed by atoms with Gasteiger partial charge in [-0.15, -0.1) is 0 Å². The molecule has 0 aromatic heterocycles. The van der Waals surface area contributed by atoms with E-state index in [1.807, 2.05) is 6.08 Å². The standard InChI is InChI=1S/C60H111NO3/c1-3-5-7-9-11-13-15-17-19-21-23-24-25-26-27-28-29-30-31-32-33-34-35-36-38-40-42-44-46-48-50-52-54-56-60(64)61-58(57-62)59(63)55-53-51-49-47-45-43-41-39-37-22-20-18-16-14-12-10-8-6-4-2/h23-24,26-27,37,39,45,47,53,55,58-59,62-63H,3-22,25,28-36,38,40-44,46,48-52,54,56-57H2,1-2H3,(H,61,64)/b24-23-,27-26-,39-37+,47-45+,55-53+. The van der Waals surface area contributed by atoms with Crippen LogP contribution in [0.15, 0.2) is 60.8 Å². The summed E-state index contributed by atoms with van der Waals surface area (Å²) >= 11 is 0. The number of rotatable bonds is 52. The van der Waals surface area contributed by atoms with Crippen LogP contribution in [0.5, 0.6) is 0 Å². The normalized spacial score (nSPS) is 13.2. The van der Waals surface area contributed by atoms with Gasteiger partial charge in [-0.1, -0.05) is 274 Å². The maximum atomic E-state index is 12.5. The molecular weight excluding hydrogens is 783 g/mol. The molecule has 0 saturated carbocycles. The Balaban J connectivity index is 3.51. The number of aliphatic hydroxyl groups excluding tert-OH is 2. The Morgan fingerprint density at radius 2 is 0.656 bits per heavy atom. The number of carbonyl (C=O) groups excluding carboxylic acids is 1. The van der Waals surface area contributed by atoms with Crippen molar-refractivity contribution in [1.29, 1.82) is 0 Å². The van der Waals surface area contributed by atoms with Crippen molar-refractivity contribution in [2.75, 3.05) is 6.61 Å². The maximum Gasteiger partial charge on any atom is 0.220 e. The molecule has 4 heteroatoms. The van der Waals surface area contributed by atoms with Gasteiger partial charge in [0.25, 0.3) is 0 Å². The molecule has 0 aliphatic carbocycles. The quantitative estimate of drug-likeness (QED) is 0.0421. The fourth-order valence-corrected chi connectivity index (χ4v) is 8.60. The minimum absolute atomic E-state index is 0.0757. The van der Waals surface area contributed by atoms with E-state index in [0.717, 1.165) is 44.9 Å². The fraction of sp³-hybridized carbons (Fsp3) is 0.817. The molecule has 0 heterocycles. The number of allylic oxidation sites excluding steroid dienone is 9. The minimum Gasteiger partial charge on any atom is -0.394 e. The molecule has 2 atom stereocenters. The van der Waals surface area contributed by atoms with Crippen LogP contribution in [0.25, 0.3) is 0 Å². The summed E-state index contributed by atoms with van der Waals surface area (Å²) in [6, 6.07) is -0.647. The number of nitrogens with one attached hydrogen (secondary N) is 1. The summed E-state index contributed by atoms with van der Waals surface area (Å²) in [5.41, 5.74) is 0. The summed E-state index contributed by atoms with van der Waals surface area (Å²) in [6.45, 7) is 4.31. The van der Waals surface area contributed by atoms with Gasteiger partial charge < -0.3 is 15.5 Å². The second kappa shape index (κ2) is 55.4. The molecule has 0 aliphatic rings. The number of carbonyl (C=O) groups is 1. The molecule has 0 aliphatic heterocycles. The molecule has 3 N–H and O–H groups in total. The molecule has 1 amide bonds. The van der Waals surface area contributed by atoms with E-state index in [0.29, 0.717) is 6.42 Å². The molecule has 0 aromatic carbocycles. The zero-order valence-corrected chi connectivity index (χ0v) is 43.1. The molecular formula is C60H111NO3. The first-order valence-corrected chi connectivity index (χ1v) is 28.5. The summed E-state index contributed by atoms with van der Waals surface area (Å²) in [7, 11) is 0. The van der Waals surface area contributed by atoms with Gasteiger partial charge in [0.2, 0.25) is 5.91 Å². The summed E-state index contributed by atoms with van der Waals surface area (Å²) in [6.07, 6.45) is 78.2. The van der Waals surface area contributed by atoms with Gasteiger partial charge in [-0.05, 0) is 77.0 Å². The van der Waals surface area contributed by atoms with Gasteiger partial charge in [-0.25, -0.2) is 0 Å². The smallest absolute Gasteiger partial charge is 0.220 e. The number of aliphatic hydroxyl groups is 2. The van der Waals surface area contributed by atoms with Crippen LogP contribution in [0, 0.1) is 0 Å². The third-order valence-corrected chi connectivity index (χ3v) is 13.0. The van der Waals surface area contributed by atoms with Gasteiger partial charge in [-0.3, -0.25) is 4.79 Å². The van der Waals surface area contributed by atoms with E-state index in [2.05, 4.69) is 67.8 Å². The number of unbranched alkanes of at least 4 members (excludes halogenated alkanes) is 37. The molecule has 4 nitrogen and oxygen atoms in total. The lowest BCUT2D eigenvalue weighted by atomic mass is 10.0. The Bertz CT molecular complexity index is 1060. The molecule has 2 unspecified atom stereocenters. The lowest BCUT2D eigenvalue weighted by molar-refractivity contribution is -0.123. The molecule has 374 valence electrons. The van der Waals surface area contributed by atoms with E-state index in [9.17, 15) is 15.0 Å².